The van der Waals surface area contributed by atoms with Gasteiger partial charge in [0.1, 0.15) is 5.82 Å². The van der Waals surface area contributed by atoms with E-state index in [1.807, 2.05) is 0 Å². The van der Waals surface area contributed by atoms with Crippen LogP contribution in [0.1, 0.15) is 54.9 Å². The number of nitrogens with one attached hydrogen (secondary N) is 2. The Morgan fingerprint density at radius 1 is 1.21 bits per heavy atom. The first kappa shape index (κ1) is 16.7. The number of nitrogens with zero attached hydrogens (tertiary/aromatic N) is 2. The third-order valence-electron chi connectivity index (χ3n) is 4.69. The fourth-order valence-electron chi connectivity index (χ4n) is 3.23. The highest BCUT2D eigenvalue weighted by atomic mass is 16.1. The molecule has 1 aromatic carbocycles. The van der Waals surface area contributed by atoms with Gasteiger partial charge in [0.05, 0.1) is 0 Å². The molecule has 0 spiro atoms. The minimum Gasteiger partial charge on any atom is -0.355 e. The lowest BCUT2D eigenvalue weighted by atomic mass is 9.89. The molecule has 1 amide bonds. The summed E-state index contributed by atoms with van der Waals surface area (Å²) in [6, 6.07) is 8.44. The summed E-state index contributed by atoms with van der Waals surface area (Å²) in [4.78, 5) is 16.6. The van der Waals surface area contributed by atoms with Gasteiger partial charge >= 0.3 is 0 Å². The van der Waals surface area contributed by atoms with Crippen molar-refractivity contribution >= 4 is 5.91 Å². The van der Waals surface area contributed by atoms with Crippen LogP contribution in [0, 0.1) is 12.8 Å². The van der Waals surface area contributed by atoms with Crippen molar-refractivity contribution in [2.75, 3.05) is 6.54 Å². The Kier molecular flexibility index (Phi) is 5.62. The van der Waals surface area contributed by atoms with Crippen molar-refractivity contribution in [3.63, 3.8) is 0 Å². The number of rotatable bonds is 6. The smallest absolute Gasteiger partial charge is 0.223 e. The van der Waals surface area contributed by atoms with Crippen LogP contribution in [0.2, 0.25) is 0 Å². The number of carbonyl (C=O) groups excluding carboxylic acids is 1. The van der Waals surface area contributed by atoms with Gasteiger partial charge in [-0.3, -0.25) is 9.89 Å². The van der Waals surface area contributed by atoms with E-state index in [1.165, 1.54) is 30.4 Å². The van der Waals surface area contributed by atoms with Crippen molar-refractivity contribution in [1.82, 2.24) is 20.5 Å². The maximum atomic E-state index is 12.1. The maximum absolute atomic E-state index is 12.1. The van der Waals surface area contributed by atoms with E-state index in [0.29, 0.717) is 13.0 Å². The van der Waals surface area contributed by atoms with Gasteiger partial charge in [-0.15, -0.1) is 0 Å². The topological polar surface area (TPSA) is 70.7 Å². The zero-order chi connectivity index (χ0) is 16.8. The van der Waals surface area contributed by atoms with E-state index < -0.39 is 0 Å². The third-order valence-corrected chi connectivity index (χ3v) is 4.69. The maximum Gasteiger partial charge on any atom is 0.223 e. The number of amides is 1. The highest BCUT2D eigenvalue weighted by molar-refractivity contribution is 5.78. The largest absolute Gasteiger partial charge is 0.355 e. The van der Waals surface area contributed by atoms with Gasteiger partial charge in [0, 0.05) is 25.3 Å². The van der Waals surface area contributed by atoms with Gasteiger partial charge in [0.15, 0.2) is 5.82 Å². The van der Waals surface area contributed by atoms with Gasteiger partial charge in [0.25, 0.3) is 0 Å². The molecule has 128 valence electrons. The summed E-state index contributed by atoms with van der Waals surface area (Å²) in [7, 11) is 0. The monoisotopic (exact) mass is 326 g/mol. The molecule has 1 fully saturated rings. The van der Waals surface area contributed by atoms with Gasteiger partial charge in [-0.25, -0.2) is 4.98 Å². The summed E-state index contributed by atoms with van der Waals surface area (Å²) in [5.74, 6) is 2.04. The van der Waals surface area contributed by atoms with E-state index in [1.54, 1.807) is 0 Å². The molecule has 1 aromatic heterocycles. The molecule has 2 N–H and O–H groups in total. The molecule has 1 aliphatic carbocycles. The molecular weight excluding hydrogens is 300 g/mol. The molecule has 5 nitrogen and oxygen atoms in total. The van der Waals surface area contributed by atoms with E-state index in [2.05, 4.69) is 51.7 Å². The number of hydrogen-bond donors (Lipinski definition) is 2. The summed E-state index contributed by atoms with van der Waals surface area (Å²) < 4.78 is 0. The van der Waals surface area contributed by atoms with Crippen LogP contribution < -0.4 is 5.32 Å². The predicted molar refractivity (Wildman–Crippen MR) is 93.7 cm³/mol. The van der Waals surface area contributed by atoms with Gasteiger partial charge in [-0.2, -0.15) is 5.10 Å². The van der Waals surface area contributed by atoms with Crippen molar-refractivity contribution in [3.8, 4) is 0 Å². The zero-order valence-electron chi connectivity index (χ0n) is 14.3. The van der Waals surface area contributed by atoms with Gasteiger partial charge < -0.3 is 5.32 Å². The molecule has 24 heavy (non-hydrogen) atoms. The summed E-state index contributed by atoms with van der Waals surface area (Å²) in [5.41, 5.74) is 2.47. The Labute approximate surface area is 143 Å². The average molecular weight is 326 g/mol. The van der Waals surface area contributed by atoms with E-state index >= 15 is 0 Å². The highest BCUT2D eigenvalue weighted by Crippen LogP contribution is 2.23. The molecule has 0 atom stereocenters. The van der Waals surface area contributed by atoms with Crippen molar-refractivity contribution in [2.24, 2.45) is 5.92 Å². The van der Waals surface area contributed by atoms with E-state index in [9.17, 15) is 4.79 Å². The van der Waals surface area contributed by atoms with E-state index in [0.717, 1.165) is 30.9 Å². The summed E-state index contributed by atoms with van der Waals surface area (Å²) >= 11 is 0. The molecular formula is C19H26N4O. The Morgan fingerprint density at radius 3 is 2.71 bits per heavy atom. The fraction of sp³-hybridized carbons (Fsp3) is 0.526. The first-order chi connectivity index (χ1) is 11.7. The number of aryl methyl sites for hydroxylation is 1. The first-order valence-corrected chi connectivity index (χ1v) is 8.94. The van der Waals surface area contributed by atoms with Crippen LogP contribution in [-0.4, -0.2) is 27.6 Å². The second-order valence-electron chi connectivity index (χ2n) is 6.74. The van der Waals surface area contributed by atoms with Crippen molar-refractivity contribution in [3.05, 3.63) is 47.0 Å². The number of aromatic amines is 1. The quantitative estimate of drug-likeness (QED) is 0.857. The normalized spacial score (nSPS) is 15.4. The Morgan fingerprint density at radius 2 is 1.96 bits per heavy atom. The molecule has 1 saturated carbocycles. The molecule has 1 aliphatic rings. The molecule has 0 bridgehead atoms. The Hall–Kier alpha value is -2.17. The highest BCUT2D eigenvalue weighted by Gasteiger charge is 2.20. The number of aromatic nitrogens is 3. The summed E-state index contributed by atoms with van der Waals surface area (Å²) in [5, 5.41) is 10.3. The number of hydrogen-bond acceptors (Lipinski definition) is 3. The minimum atomic E-state index is 0.199. The van der Waals surface area contributed by atoms with Crippen LogP contribution in [0.5, 0.6) is 0 Å². The van der Waals surface area contributed by atoms with Gasteiger partial charge in [0.2, 0.25) is 5.91 Å². The SMILES string of the molecule is Cc1ccc(Cc2nc(CCNC(=O)C3CCCCC3)n[nH]2)cc1. The number of benzene rings is 1. The second kappa shape index (κ2) is 8.08. The number of carbonyl (C=O) groups is 1. The standard InChI is InChI=1S/C19H26N4O/c1-14-7-9-15(10-8-14)13-18-21-17(22-23-18)11-12-20-19(24)16-5-3-2-4-6-16/h7-10,16H,2-6,11-13H2,1H3,(H,20,24)(H,21,22,23). The zero-order valence-corrected chi connectivity index (χ0v) is 14.3. The van der Waals surface area contributed by atoms with Crippen LogP contribution in [0.4, 0.5) is 0 Å². The van der Waals surface area contributed by atoms with Crippen molar-refractivity contribution < 1.29 is 4.79 Å². The molecule has 2 aromatic rings. The number of H-pyrrole nitrogens is 1. The van der Waals surface area contributed by atoms with Gasteiger partial charge in [-0.05, 0) is 25.3 Å². The average Bonchev–Trinajstić information content (AvgIpc) is 3.05. The van der Waals surface area contributed by atoms with Crippen LogP contribution in [-0.2, 0) is 17.6 Å². The molecule has 0 unspecified atom stereocenters. The van der Waals surface area contributed by atoms with E-state index in [4.69, 9.17) is 0 Å². The summed E-state index contributed by atoms with van der Waals surface area (Å²) in [6.07, 6.45) is 7.12. The van der Waals surface area contributed by atoms with Crippen molar-refractivity contribution in [1.29, 1.82) is 0 Å². The molecule has 0 saturated heterocycles. The van der Waals surface area contributed by atoms with Crippen LogP contribution in [0.3, 0.4) is 0 Å². The molecule has 0 radical (unpaired) electrons. The molecule has 1 heterocycles. The Balaban J connectivity index is 1.44. The lowest BCUT2D eigenvalue weighted by Gasteiger charge is -2.20. The third kappa shape index (κ3) is 4.66. The molecule has 0 aliphatic heterocycles. The second-order valence-corrected chi connectivity index (χ2v) is 6.74. The lowest BCUT2D eigenvalue weighted by Crippen LogP contribution is -2.33. The first-order valence-electron chi connectivity index (χ1n) is 8.94. The predicted octanol–water partition coefficient (Wildman–Crippen LogP) is 2.94. The van der Waals surface area contributed by atoms with Crippen LogP contribution >= 0.6 is 0 Å². The Bertz CT molecular complexity index is 656. The van der Waals surface area contributed by atoms with Crippen molar-refractivity contribution in [2.45, 2.75) is 51.9 Å². The summed E-state index contributed by atoms with van der Waals surface area (Å²) in [6.45, 7) is 2.69. The lowest BCUT2D eigenvalue weighted by molar-refractivity contribution is -0.125. The molecule has 3 rings (SSSR count). The van der Waals surface area contributed by atoms with Crippen LogP contribution in [0.25, 0.3) is 0 Å². The minimum absolute atomic E-state index is 0.199. The van der Waals surface area contributed by atoms with Crippen LogP contribution in [0.15, 0.2) is 24.3 Å². The fourth-order valence-corrected chi connectivity index (χ4v) is 3.23. The van der Waals surface area contributed by atoms with E-state index in [-0.39, 0.29) is 11.8 Å². The molecule has 5 heteroatoms. The van der Waals surface area contributed by atoms with Gasteiger partial charge in [-0.1, -0.05) is 49.1 Å².